The molecule has 2 N–H and O–H groups in total. The topological polar surface area (TPSA) is 120 Å². The summed E-state index contributed by atoms with van der Waals surface area (Å²) in [5.74, 6) is 0.461. The highest BCUT2D eigenvalue weighted by Crippen LogP contribution is 2.31. The fourth-order valence-corrected chi connectivity index (χ4v) is 4.41. The molecule has 9 heteroatoms. The van der Waals surface area contributed by atoms with Crippen LogP contribution in [-0.4, -0.2) is 37.1 Å². The standard InChI is InChI=1S/C25H23N7O2/c1-15-11-18(16(2)28-19-6-4-3-5-17(19)25(33)34)23-20(12-15)29-21(13-26)24(30-23)32-10-9-31-8-7-27-22(31)14-32/h3-8,11-12,16,28H,9-10,14H2,1-2H3,(H,33,34)/t16-/m1/s1. The fraction of sp³-hybridized carbons (Fsp3) is 0.240. The first-order valence-corrected chi connectivity index (χ1v) is 11.0. The molecule has 0 saturated heterocycles. The molecule has 170 valence electrons. The SMILES string of the molecule is Cc1cc([C@@H](C)Nc2ccccc2C(=O)O)c2nc(N3CCn4ccnc4C3)c(C#N)nc2c1. The number of nitriles is 1. The molecule has 0 amide bonds. The van der Waals surface area contributed by atoms with Gasteiger partial charge in [-0.1, -0.05) is 18.2 Å². The largest absolute Gasteiger partial charge is 0.478 e. The first kappa shape index (κ1) is 21.4. The summed E-state index contributed by atoms with van der Waals surface area (Å²) in [4.78, 5) is 27.7. The lowest BCUT2D eigenvalue weighted by atomic mass is 10.0. The van der Waals surface area contributed by atoms with Crippen molar-refractivity contribution >= 4 is 28.5 Å². The van der Waals surface area contributed by atoms with Crippen LogP contribution in [0.15, 0.2) is 48.8 Å². The van der Waals surface area contributed by atoms with Crippen LogP contribution >= 0.6 is 0 Å². The van der Waals surface area contributed by atoms with Crippen LogP contribution in [0.1, 0.15) is 46.0 Å². The summed E-state index contributed by atoms with van der Waals surface area (Å²) in [6.45, 7) is 5.92. The molecule has 0 saturated carbocycles. The number of fused-ring (bicyclic) bond motifs is 2. The molecule has 0 aliphatic carbocycles. The Labute approximate surface area is 196 Å². The third-order valence-electron chi connectivity index (χ3n) is 6.07. The molecular weight excluding hydrogens is 430 g/mol. The third kappa shape index (κ3) is 3.79. The summed E-state index contributed by atoms with van der Waals surface area (Å²) < 4.78 is 2.09. The minimum absolute atomic E-state index is 0.202. The van der Waals surface area contributed by atoms with E-state index in [0.717, 1.165) is 23.5 Å². The van der Waals surface area contributed by atoms with E-state index in [1.807, 2.05) is 37.1 Å². The van der Waals surface area contributed by atoms with Gasteiger partial charge < -0.3 is 19.9 Å². The smallest absolute Gasteiger partial charge is 0.337 e. The summed E-state index contributed by atoms with van der Waals surface area (Å²) in [6, 6.07) is 12.7. The summed E-state index contributed by atoms with van der Waals surface area (Å²) >= 11 is 0. The van der Waals surface area contributed by atoms with Gasteiger partial charge in [-0.05, 0) is 37.6 Å². The number of para-hydroxylation sites is 1. The van der Waals surface area contributed by atoms with Gasteiger partial charge in [-0.15, -0.1) is 0 Å². The van der Waals surface area contributed by atoms with Crippen molar-refractivity contribution in [2.45, 2.75) is 33.0 Å². The number of hydrogen-bond acceptors (Lipinski definition) is 7. The number of carboxylic acids is 1. The molecule has 0 fully saturated rings. The molecule has 0 unspecified atom stereocenters. The number of benzene rings is 2. The van der Waals surface area contributed by atoms with Gasteiger partial charge in [0.05, 0.1) is 29.2 Å². The van der Waals surface area contributed by atoms with Crippen LogP contribution in [0.5, 0.6) is 0 Å². The number of carboxylic acid groups (broad SMARTS) is 1. The number of aromatic nitrogens is 4. The Hall–Kier alpha value is -4.45. The van der Waals surface area contributed by atoms with Crippen LogP contribution in [0.3, 0.4) is 0 Å². The number of hydrogen-bond donors (Lipinski definition) is 2. The highest BCUT2D eigenvalue weighted by molar-refractivity contribution is 5.94. The highest BCUT2D eigenvalue weighted by Gasteiger charge is 2.24. The van der Waals surface area contributed by atoms with E-state index >= 15 is 0 Å². The molecule has 9 nitrogen and oxygen atoms in total. The van der Waals surface area contributed by atoms with Gasteiger partial charge in [0.25, 0.3) is 0 Å². The van der Waals surface area contributed by atoms with E-state index < -0.39 is 5.97 Å². The quantitative estimate of drug-likeness (QED) is 0.467. The van der Waals surface area contributed by atoms with Crippen LogP contribution in [0.4, 0.5) is 11.5 Å². The lowest BCUT2D eigenvalue weighted by Crippen LogP contribution is -2.35. The van der Waals surface area contributed by atoms with Crippen LogP contribution in [0, 0.1) is 18.3 Å². The average molecular weight is 454 g/mol. The van der Waals surface area contributed by atoms with E-state index in [1.54, 1.807) is 30.5 Å². The van der Waals surface area contributed by atoms with Crippen molar-refractivity contribution < 1.29 is 9.90 Å². The van der Waals surface area contributed by atoms with Crippen molar-refractivity contribution in [2.24, 2.45) is 0 Å². The number of imidazole rings is 1. The van der Waals surface area contributed by atoms with Gasteiger partial charge in [0.15, 0.2) is 11.5 Å². The molecule has 2 aromatic carbocycles. The molecule has 0 radical (unpaired) electrons. The van der Waals surface area contributed by atoms with E-state index in [4.69, 9.17) is 4.98 Å². The van der Waals surface area contributed by atoms with Crippen LogP contribution < -0.4 is 10.2 Å². The van der Waals surface area contributed by atoms with E-state index in [0.29, 0.717) is 35.6 Å². The molecule has 5 rings (SSSR count). The van der Waals surface area contributed by atoms with E-state index in [1.165, 1.54) is 0 Å². The van der Waals surface area contributed by atoms with Gasteiger partial charge in [0, 0.05) is 36.7 Å². The van der Waals surface area contributed by atoms with E-state index in [-0.39, 0.29) is 17.3 Å². The molecule has 1 atom stereocenters. The first-order chi connectivity index (χ1) is 16.4. The maximum Gasteiger partial charge on any atom is 0.337 e. The van der Waals surface area contributed by atoms with Crippen molar-refractivity contribution in [1.82, 2.24) is 19.5 Å². The molecule has 34 heavy (non-hydrogen) atoms. The number of aromatic carboxylic acids is 1. The number of rotatable bonds is 5. The van der Waals surface area contributed by atoms with Crippen LogP contribution in [-0.2, 0) is 13.1 Å². The van der Waals surface area contributed by atoms with Crippen molar-refractivity contribution in [2.75, 3.05) is 16.8 Å². The Morgan fingerprint density at radius 2 is 2.06 bits per heavy atom. The lowest BCUT2D eigenvalue weighted by Gasteiger charge is -2.29. The summed E-state index contributed by atoms with van der Waals surface area (Å²) in [7, 11) is 0. The van der Waals surface area contributed by atoms with Crippen molar-refractivity contribution in [3.05, 3.63) is 77.0 Å². The Morgan fingerprint density at radius 1 is 1.24 bits per heavy atom. The molecule has 3 heterocycles. The van der Waals surface area contributed by atoms with Gasteiger partial charge in [-0.3, -0.25) is 0 Å². The highest BCUT2D eigenvalue weighted by atomic mass is 16.4. The van der Waals surface area contributed by atoms with E-state index in [9.17, 15) is 15.2 Å². The minimum Gasteiger partial charge on any atom is -0.478 e. The first-order valence-electron chi connectivity index (χ1n) is 11.0. The van der Waals surface area contributed by atoms with Gasteiger partial charge in [-0.25, -0.2) is 19.7 Å². The zero-order valence-electron chi connectivity index (χ0n) is 18.9. The number of nitrogens with one attached hydrogen (secondary N) is 1. The molecule has 1 aliphatic heterocycles. The Balaban J connectivity index is 1.58. The fourth-order valence-electron chi connectivity index (χ4n) is 4.41. The second-order valence-corrected chi connectivity index (χ2v) is 8.40. The number of anilines is 2. The maximum absolute atomic E-state index is 11.7. The molecule has 0 spiro atoms. The molecule has 2 aromatic heterocycles. The van der Waals surface area contributed by atoms with Gasteiger partial charge >= 0.3 is 5.97 Å². The van der Waals surface area contributed by atoms with Gasteiger partial charge in [0.2, 0.25) is 0 Å². The van der Waals surface area contributed by atoms with Crippen molar-refractivity contribution in [1.29, 1.82) is 5.26 Å². The average Bonchev–Trinajstić information content (AvgIpc) is 3.30. The zero-order valence-corrected chi connectivity index (χ0v) is 18.9. The Morgan fingerprint density at radius 3 is 2.85 bits per heavy atom. The normalized spacial score (nSPS) is 13.9. The van der Waals surface area contributed by atoms with Crippen molar-refractivity contribution in [3.8, 4) is 6.07 Å². The third-order valence-corrected chi connectivity index (χ3v) is 6.07. The predicted octanol–water partition coefficient (Wildman–Crippen LogP) is 3.90. The van der Waals surface area contributed by atoms with Crippen LogP contribution in [0.25, 0.3) is 11.0 Å². The summed E-state index contributed by atoms with van der Waals surface area (Å²) in [6.07, 6.45) is 3.73. The molecular formula is C25H23N7O2. The molecule has 1 aliphatic rings. The number of carbonyl (C=O) groups is 1. The Kier molecular flexibility index (Phi) is 5.34. The predicted molar refractivity (Wildman–Crippen MR) is 128 cm³/mol. The van der Waals surface area contributed by atoms with E-state index in [2.05, 4.69) is 25.9 Å². The Bertz CT molecular complexity index is 1450. The second kappa shape index (κ2) is 8.48. The molecule has 4 aromatic rings. The minimum atomic E-state index is -0.992. The van der Waals surface area contributed by atoms with Crippen molar-refractivity contribution in [3.63, 3.8) is 0 Å². The summed E-state index contributed by atoms with van der Waals surface area (Å²) in [5, 5.41) is 22.7. The number of nitrogens with zero attached hydrogens (tertiary/aromatic N) is 6. The van der Waals surface area contributed by atoms with Gasteiger partial charge in [-0.2, -0.15) is 5.26 Å². The zero-order chi connectivity index (χ0) is 23.8. The van der Waals surface area contributed by atoms with Crippen LogP contribution in [0.2, 0.25) is 0 Å². The molecule has 0 bridgehead atoms. The summed E-state index contributed by atoms with van der Waals surface area (Å²) in [5.41, 5.74) is 4.19. The number of aryl methyl sites for hydroxylation is 1. The monoisotopic (exact) mass is 453 g/mol. The lowest BCUT2D eigenvalue weighted by molar-refractivity contribution is 0.0698. The maximum atomic E-state index is 11.7. The second-order valence-electron chi connectivity index (χ2n) is 8.40. The van der Waals surface area contributed by atoms with Gasteiger partial charge in [0.1, 0.15) is 11.9 Å².